The van der Waals surface area contributed by atoms with Crippen molar-refractivity contribution in [3.63, 3.8) is 0 Å². The van der Waals surface area contributed by atoms with Gasteiger partial charge in [0.2, 0.25) is 0 Å². The molecule has 172 valence electrons. The summed E-state index contributed by atoms with van der Waals surface area (Å²) in [4.78, 5) is 23.4. The van der Waals surface area contributed by atoms with Crippen LogP contribution in [-0.4, -0.2) is 39.7 Å². The van der Waals surface area contributed by atoms with Gasteiger partial charge in [-0.05, 0) is 31.0 Å². The molecule has 8 heteroatoms. The fraction of sp³-hybridized carbons (Fsp3) is 0.280. The Bertz CT molecular complexity index is 1260. The lowest BCUT2D eigenvalue weighted by Gasteiger charge is -2.23. The number of para-hydroxylation sites is 1. The van der Waals surface area contributed by atoms with Gasteiger partial charge in [-0.15, -0.1) is 17.9 Å². The van der Waals surface area contributed by atoms with Crippen molar-refractivity contribution < 1.29 is 14.3 Å². The van der Waals surface area contributed by atoms with Crippen molar-refractivity contribution >= 4 is 21.6 Å². The molecule has 0 aliphatic carbocycles. The number of hydrogen-bond donors (Lipinski definition) is 2. The van der Waals surface area contributed by atoms with Gasteiger partial charge in [0.15, 0.2) is 0 Å². The Morgan fingerprint density at radius 1 is 1.27 bits per heavy atom. The average molecular weight is 466 g/mol. The summed E-state index contributed by atoms with van der Waals surface area (Å²) in [5, 5.41) is 12.9. The molecule has 0 fully saturated rings. The zero-order chi connectivity index (χ0) is 23.2. The summed E-state index contributed by atoms with van der Waals surface area (Å²) in [6.07, 6.45) is 4.25. The van der Waals surface area contributed by atoms with E-state index in [-0.39, 0.29) is 5.56 Å². The molecule has 7 nitrogen and oxygen atoms in total. The second kappa shape index (κ2) is 10.6. The van der Waals surface area contributed by atoms with Crippen LogP contribution >= 0.6 is 11.3 Å². The maximum absolute atomic E-state index is 13.1. The first-order chi connectivity index (χ1) is 16.1. The molecular formula is C25H27N3O4S. The summed E-state index contributed by atoms with van der Waals surface area (Å²) in [5.41, 5.74) is 1.47. The Hall–Kier alpha value is -3.20. The van der Waals surface area contributed by atoms with Crippen LogP contribution in [0.5, 0.6) is 5.75 Å². The highest BCUT2D eigenvalue weighted by Crippen LogP contribution is 2.36. The molecule has 0 aliphatic rings. The Balaban J connectivity index is 1.62. The molecule has 3 heterocycles. The molecule has 3 aromatic heterocycles. The lowest BCUT2D eigenvalue weighted by Crippen LogP contribution is -2.32. The van der Waals surface area contributed by atoms with Gasteiger partial charge in [0, 0.05) is 23.1 Å². The fourth-order valence-electron chi connectivity index (χ4n) is 3.85. The maximum Gasteiger partial charge on any atom is 0.260 e. The smallest absolute Gasteiger partial charge is 0.260 e. The van der Waals surface area contributed by atoms with Crippen LogP contribution in [0.3, 0.4) is 0 Å². The predicted molar refractivity (Wildman–Crippen MR) is 130 cm³/mol. The Kier molecular flexibility index (Phi) is 7.39. The number of benzene rings is 1. The van der Waals surface area contributed by atoms with E-state index in [1.54, 1.807) is 19.4 Å². The van der Waals surface area contributed by atoms with E-state index in [0.29, 0.717) is 47.8 Å². The van der Waals surface area contributed by atoms with Crippen LogP contribution in [0.4, 0.5) is 0 Å². The van der Waals surface area contributed by atoms with Crippen LogP contribution < -0.4 is 10.3 Å². The van der Waals surface area contributed by atoms with E-state index in [1.165, 1.54) is 11.3 Å². The highest BCUT2D eigenvalue weighted by Gasteiger charge is 2.19. The first kappa shape index (κ1) is 23.0. The zero-order valence-electron chi connectivity index (χ0n) is 18.5. The summed E-state index contributed by atoms with van der Waals surface area (Å²) in [7, 11) is 1.62. The topological polar surface area (TPSA) is 91.6 Å². The number of rotatable bonds is 11. The molecule has 0 saturated heterocycles. The van der Waals surface area contributed by atoms with E-state index in [2.05, 4.69) is 11.6 Å². The fourth-order valence-corrected chi connectivity index (χ4v) is 4.81. The van der Waals surface area contributed by atoms with Crippen molar-refractivity contribution in [3.05, 3.63) is 82.6 Å². The van der Waals surface area contributed by atoms with Gasteiger partial charge in [-0.25, -0.2) is 4.98 Å². The summed E-state index contributed by atoms with van der Waals surface area (Å²) >= 11 is 1.43. The predicted octanol–water partition coefficient (Wildman–Crippen LogP) is 4.58. The SMILES string of the molecule is C=CCCC(O)CN(Cc1nc2scc(-c3ccccc3OC)c2c(=O)[nH]1)Cc1ccco1. The maximum atomic E-state index is 13.1. The molecule has 0 amide bonds. The molecule has 0 radical (unpaired) electrons. The summed E-state index contributed by atoms with van der Waals surface area (Å²) in [5.74, 6) is 2.03. The number of ether oxygens (including phenoxy) is 1. The second-order valence-electron chi connectivity index (χ2n) is 7.81. The molecule has 33 heavy (non-hydrogen) atoms. The van der Waals surface area contributed by atoms with Crippen LogP contribution in [0.15, 0.2) is 69.9 Å². The van der Waals surface area contributed by atoms with E-state index in [1.807, 2.05) is 46.7 Å². The standard InChI is InChI=1S/C25H27N3O4S/c1-3-4-8-17(29)13-28(14-18-9-7-12-32-18)15-22-26-24(30)23-20(16-33-25(23)27-22)19-10-5-6-11-21(19)31-2/h3,5-7,9-12,16-17,29H,1,4,8,13-15H2,2H3,(H,26,27,30). The molecule has 2 N–H and O–H groups in total. The molecule has 0 saturated carbocycles. The number of aromatic nitrogens is 2. The van der Waals surface area contributed by atoms with Crippen LogP contribution in [0, 0.1) is 0 Å². The van der Waals surface area contributed by atoms with Crippen molar-refractivity contribution in [1.29, 1.82) is 0 Å². The number of allylic oxidation sites excluding steroid dienone is 1. The molecule has 4 aromatic rings. The number of hydrogen-bond acceptors (Lipinski definition) is 7. The molecule has 0 aliphatic heterocycles. The van der Waals surface area contributed by atoms with Crippen molar-refractivity contribution in [1.82, 2.24) is 14.9 Å². The third-order valence-corrected chi connectivity index (χ3v) is 6.27. The first-order valence-electron chi connectivity index (χ1n) is 10.8. The number of aromatic amines is 1. The van der Waals surface area contributed by atoms with E-state index < -0.39 is 6.10 Å². The number of H-pyrrole nitrogens is 1. The van der Waals surface area contributed by atoms with Gasteiger partial charge in [0.25, 0.3) is 5.56 Å². The van der Waals surface area contributed by atoms with Gasteiger partial charge in [-0.3, -0.25) is 9.69 Å². The van der Waals surface area contributed by atoms with Crippen molar-refractivity contribution in [2.45, 2.75) is 32.0 Å². The van der Waals surface area contributed by atoms with Gasteiger partial charge >= 0.3 is 0 Å². The number of aliphatic hydroxyl groups is 1. The van der Waals surface area contributed by atoms with Crippen LogP contribution in [0.25, 0.3) is 21.3 Å². The molecule has 0 bridgehead atoms. The van der Waals surface area contributed by atoms with Crippen molar-refractivity contribution in [2.75, 3.05) is 13.7 Å². The number of nitrogens with one attached hydrogen (secondary N) is 1. The molecule has 0 spiro atoms. The highest BCUT2D eigenvalue weighted by atomic mass is 32.1. The first-order valence-corrected chi connectivity index (χ1v) is 11.6. The number of nitrogens with zero attached hydrogens (tertiary/aromatic N) is 2. The molecular weight excluding hydrogens is 438 g/mol. The average Bonchev–Trinajstić information content (AvgIpc) is 3.47. The van der Waals surface area contributed by atoms with Gasteiger partial charge in [-0.1, -0.05) is 24.3 Å². The normalized spacial score (nSPS) is 12.3. The number of thiophene rings is 1. The number of aliphatic hydroxyl groups excluding tert-OH is 1. The monoisotopic (exact) mass is 465 g/mol. The Labute approximate surface area is 196 Å². The van der Waals surface area contributed by atoms with Crippen LogP contribution in [-0.2, 0) is 13.1 Å². The van der Waals surface area contributed by atoms with Crippen LogP contribution in [0.2, 0.25) is 0 Å². The highest BCUT2D eigenvalue weighted by molar-refractivity contribution is 7.17. The Morgan fingerprint density at radius 3 is 2.88 bits per heavy atom. The van der Waals surface area contributed by atoms with E-state index in [0.717, 1.165) is 23.3 Å². The lowest BCUT2D eigenvalue weighted by molar-refractivity contribution is 0.0931. The zero-order valence-corrected chi connectivity index (χ0v) is 19.3. The summed E-state index contributed by atoms with van der Waals surface area (Å²) in [6.45, 7) is 5.01. The van der Waals surface area contributed by atoms with E-state index in [4.69, 9.17) is 14.1 Å². The van der Waals surface area contributed by atoms with Gasteiger partial charge in [-0.2, -0.15) is 0 Å². The minimum absolute atomic E-state index is 0.192. The molecule has 1 aromatic carbocycles. The van der Waals surface area contributed by atoms with Crippen molar-refractivity contribution in [3.8, 4) is 16.9 Å². The largest absolute Gasteiger partial charge is 0.496 e. The van der Waals surface area contributed by atoms with Gasteiger partial charge in [0.1, 0.15) is 22.2 Å². The third-order valence-electron chi connectivity index (χ3n) is 5.40. The van der Waals surface area contributed by atoms with E-state index in [9.17, 15) is 9.90 Å². The van der Waals surface area contributed by atoms with Crippen molar-refractivity contribution in [2.24, 2.45) is 0 Å². The number of furan rings is 1. The minimum Gasteiger partial charge on any atom is -0.496 e. The van der Waals surface area contributed by atoms with Gasteiger partial charge < -0.3 is 19.2 Å². The Morgan fingerprint density at radius 2 is 2.12 bits per heavy atom. The summed E-state index contributed by atoms with van der Waals surface area (Å²) < 4.78 is 11.0. The second-order valence-corrected chi connectivity index (χ2v) is 8.67. The summed E-state index contributed by atoms with van der Waals surface area (Å²) in [6, 6.07) is 11.3. The third kappa shape index (κ3) is 5.42. The van der Waals surface area contributed by atoms with E-state index >= 15 is 0 Å². The van der Waals surface area contributed by atoms with Crippen LogP contribution in [0.1, 0.15) is 24.4 Å². The molecule has 1 unspecified atom stereocenters. The minimum atomic E-state index is -0.521. The number of fused-ring (bicyclic) bond motifs is 1. The lowest BCUT2D eigenvalue weighted by atomic mass is 10.1. The number of methoxy groups -OCH3 is 1. The molecule has 4 rings (SSSR count). The molecule has 1 atom stereocenters. The van der Waals surface area contributed by atoms with Gasteiger partial charge in [0.05, 0.1) is 38.0 Å². The quantitative estimate of drug-likeness (QED) is 0.315.